The van der Waals surface area contributed by atoms with Crippen molar-refractivity contribution in [2.75, 3.05) is 10.5 Å². The fourth-order valence-electron chi connectivity index (χ4n) is 1.40. The third-order valence-corrected chi connectivity index (χ3v) is 4.43. The van der Waals surface area contributed by atoms with E-state index in [0.29, 0.717) is 5.02 Å². The van der Waals surface area contributed by atoms with Crippen molar-refractivity contribution < 1.29 is 8.42 Å². The molecule has 0 radical (unpaired) electrons. The zero-order valence-electron chi connectivity index (χ0n) is 9.47. The van der Waals surface area contributed by atoms with Crippen molar-refractivity contribution in [2.45, 2.75) is 4.90 Å². The van der Waals surface area contributed by atoms with Crippen LogP contribution in [0.3, 0.4) is 0 Å². The van der Waals surface area contributed by atoms with E-state index in [2.05, 4.69) is 9.71 Å². The molecule has 100 valence electrons. The van der Waals surface area contributed by atoms with E-state index < -0.39 is 10.0 Å². The zero-order chi connectivity index (χ0) is 14.0. The molecule has 0 saturated carbocycles. The SMILES string of the molecule is Nc1ncccc1S(=O)(=O)Nc1ccc(Cl)c(Cl)c1. The van der Waals surface area contributed by atoms with Gasteiger partial charge in [-0.15, -0.1) is 0 Å². The summed E-state index contributed by atoms with van der Waals surface area (Å²) in [5, 5.41) is 0.589. The Morgan fingerprint density at radius 1 is 1.16 bits per heavy atom. The molecule has 2 rings (SSSR count). The van der Waals surface area contributed by atoms with Gasteiger partial charge in [0.2, 0.25) is 0 Å². The minimum Gasteiger partial charge on any atom is -0.383 e. The molecule has 3 N–H and O–H groups in total. The van der Waals surface area contributed by atoms with Crippen LogP contribution in [0.2, 0.25) is 10.0 Å². The quantitative estimate of drug-likeness (QED) is 0.911. The Kier molecular flexibility index (Phi) is 3.84. The second-order valence-electron chi connectivity index (χ2n) is 3.62. The molecule has 1 heterocycles. The van der Waals surface area contributed by atoms with Crippen LogP contribution in [0.25, 0.3) is 0 Å². The predicted molar refractivity (Wildman–Crippen MR) is 75.9 cm³/mol. The molecule has 0 amide bonds. The Balaban J connectivity index is 2.37. The van der Waals surface area contributed by atoms with Crippen molar-refractivity contribution >= 4 is 44.7 Å². The minimum absolute atomic E-state index is 0.0740. The molecular weight excluding hydrogens is 309 g/mol. The summed E-state index contributed by atoms with van der Waals surface area (Å²) in [5.41, 5.74) is 5.83. The number of aromatic nitrogens is 1. The largest absolute Gasteiger partial charge is 0.383 e. The molecule has 0 bridgehead atoms. The van der Waals surface area contributed by atoms with Gasteiger partial charge < -0.3 is 5.73 Å². The lowest BCUT2D eigenvalue weighted by Gasteiger charge is -2.09. The highest BCUT2D eigenvalue weighted by Gasteiger charge is 2.18. The van der Waals surface area contributed by atoms with Gasteiger partial charge in [-0.1, -0.05) is 23.2 Å². The molecular formula is C11H9Cl2N3O2S. The fourth-order valence-corrected chi connectivity index (χ4v) is 2.83. The molecule has 1 aromatic heterocycles. The average molecular weight is 318 g/mol. The van der Waals surface area contributed by atoms with Gasteiger partial charge in [0.05, 0.1) is 15.7 Å². The summed E-state index contributed by atoms with van der Waals surface area (Å²) in [7, 11) is -3.81. The first-order valence-electron chi connectivity index (χ1n) is 5.08. The summed E-state index contributed by atoms with van der Waals surface area (Å²) < 4.78 is 26.6. The van der Waals surface area contributed by atoms with Crippen LogP contribution in [0.1, 0.15) is 0 Å². The second-order valence-corrected chi connectivity index (χ2v) is 6.09. The summed E-state index contributed by atoms with van der Waals surface area (Å²) in [6.45, 7) is 0. The van der Waals surface area contributed by atoms with E-state index in [4.69, 9.17) is 28.9 Å². The monoisotopic (exact) mass is 317 g/mol. The van der Waals surface area contributed by atoms with E-state index in [-0.39, 0.29) is 21.4 Å². The Labute approximate surface area is 120 Å². The number of nitrogens with two attached hydrogens (primary N) is 1. The molecule has 0 aliphatic heterocycles. The van der Waals surface area contributed by atoms with Crippen molar-refractivity contribution in [3.63, 3.8) is 0 Å². The Bertz CT molecular complexity index is 720. The first-order chi connectivity index (χ1) is 8.90. The summed E-state index contributed by atoms with van der Waals surface area (Å²) in [6.07, 6.45) is 1.41. The average Bonchev–Trinajstić information content (AvgIpc) is 2.34. The van der Waals surface area contributed by atoms with Crippen LogP contribution >= 0.6 is 23.2 Å². The highest BCUT2D eigenvalue weighted by atomic mass is 35.5. The molecule has 0 aliphatic rings. The van der Waals surface area contributed by atoms with E-state index in [1.54, 1.807) is 0 Å². The van der Waals surface area contributed by atoms with E-state index in [0.717, 1.165) is 0 Å². The number of pyridine rings is 1. The predicted octanol–water partition coefficient (Wildman–Crippen LogP) is 2.77. The molecule has 8 heteroatoms. The number of hydrogen-bond donors (Lipinski definition) is 2. The number of hydrogen-bond acceptors (Lipinski definition) is 4. The number of halogens is 2. The maximum atomic E-state index is 12.1. The van der Waals surface area contributed by atoms with Crippen molar-refractivity contribution in [1.29, 1.82) is 0 Å². The third-order valence-electron chi connectivity index (χ3n) is 2.26. The standard InChI is InChI=1S/C11H9Cl2N3O2S/c12-8-4-3-7(6-9(8)13)16-19(17,18)10-2-1-5-15-11(10)14/h1-6,16H,(H2,14,15). The lowest BCUT2D eigenvalue weighted by atomic mass is 10.3. The van der Waals surface area contributed by atoms with E-state index in [1.165, 1.54) is 36.5 Å². The summed E-state index contributed by atoms with van der Waals surface area (Å²) in [6, 6.07) is 7.25. The van der Waals surface area contributed by atoms with Crippen LogP contribution in [0.4, 0.5) is 11.5 Å². The van der Waals surface area contributed by atoms with Gasteiger partial charge in [0.1, 0.15) is 10.7 Å². The van der Waals surface area contributed by atoms with Gasteiger partial charge in [-0.05, 0) is 30.3 Å². The number of nitrogens with one attached hydrogen (secondary N) is 1. The lowest BCUT2D eigenvalue weighted by Crippen LogP contribution is -2.15. The Morgan fingerprint density at radius 3 is 2.53 bits per heavy atom. The highest BCUT2D eigenvalue weighted by Crippen LogP contribution is 2.27. The van der Waals surface area contributed by atoms with Gasteiger partial charge in [-0.25, -0.2) is 13.4 Å². The smallest absolute Gasteiger partial charge is 0.265 e. The van der Waals surface area contributed by atoms with Gasteiger partial charge in [-0.2, -0.15) is 0 Å². The number of nitrogens with zero attached hydrogens (tertiary/aromatic N) is 1. The third kappa shape index (κ3) is 3.09. The Hall–Kier alpha value is -1.50. The van der Waals surface area contributed by atoms with E-state index >= 15 is 0 Å². The lowest BCUT2D eigenvalue weighted by molar-refractivity contribution is 0.601. The maximum absolute atomic E-state index is 12.1. The molecule has 0 fully saturated rings. The van der Waals surface area contributed by atoms with Gasteiger partial charge in [0, 0.05) is 6.20 Å². The molecule has 0 atom stereocenters. The van der Waals surface area contributed by atoms with Crippen LogP contribution in [0.5, 0.6) is 0 Å². The number of rotatable bonds is 3. The highest BCUT2D eigenvalue weighted by molar-refractivity contribution is 7.92. The zero-order valence-corrected chi connectivity index (χ0v) is 11.8. The van der Waals surface area contributed by atoms with Gasteiger partial charge in [-0.3, -0.25) is 4.72 Å². The molecule has 0 aliphatic carbocycles. The summed E-state index contributed by atoms with van der Waals surface area (Å²) in [5.74, 6) is -0.0740. The molecule has 19 heavy (non-hydrogen) atoms. The number of nitrogen functional groups attached to an aromatic ring is 1. The molecule has 1 aromatic carbocycles. The van der Waals surface area contributed by atoms with Crippen LogP contribution in [0.15, 0.2) is 41.4 Å². The number of benzene rings is 1. The van der Waals surface area contributed by atoms with E-state index in [1.807, 2.05) is 0 Å². The number of anilines is 2. The normalized spacial score (nSPS) is 11.3. The van der Waals surface area contributed by atoms with Crippen LogP contribution in [0, 0.1) is 0 Å². The molecule has 0 spiro atoms. The molecule has 2 aromatic rings. The Morgan fingerprint density at radius 2 is 1.89 bits per heavy atom. The first kappa shape index (κ1) is 13.9. The van der Waals surface area contributed by atoms with Crippen molar-refractivity contribution in [1.82, 2.24) is 4.98 Å². The maximum Gasteiger partial charge on any atom is 0.265 e. The van der Waals surface area contributed by atoms with Gasteiger partial charge in [0.15, 0.2) is 0 Å². The molecule has 0 unspecified atom stereocenters. The topological polar surface area (TPSA) is 85.1 Å². The fraction of sp³-hybridized carbons (Fsp3) is 0. The summed E-state index contributed by atoms with van der Waals surface area (Å²) >= 11 is 11.6. The van der Waals surface area contributed by atoms with Gasteiger partial charge in [0.25, 0.3) is 10.0 Å². The molecule has 0 saturated heterocycles. The van der Waals surface area contributed by atoms with Crippen molar-refractivity contribution in [3.8, 4) is 0 Å². The molecule has 5 nitrogen and oxygen atoms in total. The van der Waals surface area contributed by atoms with Crippen LogP contribution in [-0.2, 0) is 10.0 Å². The van der Waals surface area contributed by atoms with E-state index in [9.17, 15) is 8.42 Å². The minimum atomic E-state index is -3.81. The second kappa shape index (κ2) is 5.24. The van der Waals surface area contributed by atoms with Crippen molar-refractivity contribution in [2.24, 2.45) is 0 Å². The first-order valence-corrected chi connectivity index (χ1v) is 7.32. The number of sulfonamides is 1. The van der Waals surface area contributed by atoms with Gasteiger partial charge >= 0.3 is 0 Å². The summed E-state index contributed by atoms with van der Waals surface area (Å²) in [4.78, 5) is 3.63. The van der Waals surface area contributed by atoms with Crippen LogP contribution < -0.4 is 10.5 Å². The van der Waals surface area contributed by atoms with Crippen molar-refractivity contribution in [3.05, 3.63) is 46.6 Å². The van der Waals surface area contributed by atoms with Crippen LogP contribution in [-0.4, -0.2) is 13.4 Å².